The zero-order valence-corrected chi connectivity index (χ0v) is 12.3. The Bertz CT molecular complexity index is 845. The van der Waals surface area contributed by atoms with E-state index in [-0.39, 0.29) is 12.8 Å². The van der Waals surface area contributed by atoms with Crippen molar-refractivity contribution in [3.63, 3.8) is 0 Å². The van der Waals surface area contributed by atoms with Crippen molar-refractivity contribution in [2.24, 2.45) is 7.05 Å². The van der Waals surface area contributed by atoms with Crippen molar-refractivity contribution in [1.82, 2.24) is 19.7 Å². The van der Waals surface area contributed by atoms with E-state index in [1.54, 1.807) is 17.2 Å². The van der Waals surface area contributed by atoms with Crippen LogP contribution < -0.4 is 14.8 Å². The lowest BCUT2D eigenvalue weighted by Crippen LogP contribution is -2.08. The molecule has 2 aromatic heterocycles. The Morgan fingerprint density at radius 2 is 2.09 bits per heavy atom. The summed E-state index contributed by atoms with van der Waals surface area (Å²) >= 11 is 0. The lowest BCUT2D eigenvalue weighted by molar-refractivity contribution is 0.174. The molecule has 1 aliphatic heterocycles. The molecular weight excluding hydrogens is 282 g/mol. The zero-order valence-electron chi connectivity index (χ0n) is 12.3. The summed E-state index contributed by atoms with van der Waals surface area (Å²) in [6.07, 6.45) is 3.31. The summed E-state index contributed by atoms with van der Waals surface area (Å²) in [5.41, 5.74) is 1.90. The molecule has 1 unspecified atom stereocenters. The van der Waals surface area contributed by atoms with Gasteiger partial charge in [0.15, 0.2) is 17.1 Å². The van der Waals surface area contributed by atoms with Gasteiger partial charge in [-0.15, -0.1) is 0 Å². The molecule has 0 radical (unpaired) electrons. The van der Waals surface area contributed by atoms with E-state index >= 15 is 0 Å². The molecule has 4 rings (SSSR count). The van der Waals surface area contributed by atoms with Crippen molar-refractivity contribution in [3.8, 4) is 11.5 Å². The monoisotopic (exact) mass is 297 g/mol. The second-order valence-corrected chi connectivity index (χ2v) is 5.21. The highest BCUT2D eigenvalue weighted by atomic mass is 16.7. The predicted molar refractivity (Wildman–Crippen MR) is 80.9 cm³/mol. The highest BCUT2D eigenvalue weighted by Gasteiger charge is 2.17. The number of aryl methyl sites for hydroxylation is 1. The van der Waals surface area contributed by atoms with E-state index in [0.717, 1.165) is 33.9 Å². The van der Waals surface area contributed by atoms with Crippen LogP contribution in [0.2, 0.25) is 0 Å². The molecule has 0 fully saturated rings. The minimum Gasteiger partial charge on any atom is -0.454 e. The molecule has 112 valence electrons. The molecule has 0 amide bonds. The van der Waals surface area contributed by atoms with Gasteiger partial charge in [-0.2, -0.15) is 5.10 Å². The summed E-state index contributed by atoms with van der Waals surface area (Å²) in [6.45, 7) is 2.35. The quantitative estimate of drug-likeness (QED) is 0.799. The Morgan fingerprint density at radius 1 is 1.23 bits per heavy atom. The number of benzene rings is 1. The van der Waals surface area contributed by atoms with Crippen LogP contribution in [0, 0.1) is 0 Å². The molecule has 0 aliphatic carbocycles. The SMILES string of the molecule is CC(Nc1ncnc2c1cnn2C)c1ccc2c(c1)OCO2. The minimum absolute atomic E-state index is 0.0628. The molecule has 7 nitrogen and oxygen atoms in total. The number of nitrogens with one attached hydrogen (secondary N) is 1. The van der Waals surface area contributed by atoms with Gasteiger partial charge in [-0.3, -0.25) is 4.68 Å². The number of hydrogen-bond donors (Lipinski definition) is 1. The molecule has 3 heterocycles. The first-order valence-corrected chi connectivity index (χ1v) is 7.01. The van der Waals surface area contributed by atoms with Crippen molar-refractivity contribution in [3.05, 3.63) is 36.3 Å². The molecule has 0 saturated heterocycles. The third-order valence-electron chi connectivity index (χ3n) is 3.78. The fourth-order valence-electron chi connectivity index (χ4n) is 2.55. The van der Waals surface area contributed by atoms with Gasteiger partial charge in [-0.1, -0.05) is 6.07 Å². The highest BCUT2D eigenvalue weighted by Crippen LogP contribution is 2.35. The third-order valence-corrected chi connectivity index (χ3v) is 3.78. The predicted octanol–water partition coefficient (Wildman–Crippen LogP) is 2.27. The van der Waals surface area contributed by atoms with Crippen molar-refractivity contribution in [1.29, 1.82) is 0 Å². The molecule has 1 aromatic carbocycles. The third kappa shape index (κ3) is 2.02. The summed E-state index contributed by atoms with van der Waals surface area (Å²) in [5.74, 6) is 2.33. The maximum Gasteiger partial charge on any atom is 0.231 e. The average Bonchev–Trinajstić information content (AvgIpc) is 3.14. The van der Waals surface area contributed by atoms with Crippen LogP contribution in [-0.2, 0) is 7.05 Å². The molecule has 0 bridgehead atoms. The molecule has 1 N–H and O–H groups in total. The van der Waals surface area contributed by atoms with Gasteiger partial charge in [0.25, 0.3) is 0 Å². The Labute approximate surface area is 126 Å². The van der Waals surface area contributed by atoms with Crippen LogP contribution in [0.25, 0.3) is 11.0 Å². The summed E-state index contributed by atoms with van der Waals surface area (Å²) in [6, 6.07) is 6.00. The van der Waals surface area contributed by atoms with Crippen LogP contribution >= 0.6 is 0 Å². The molecule has 1 aliphatic rings. The van der Waals surface area contributed by atoms with E-state index in [9.17, 15) is 0 Å². The Kier molecular flexibility index (Phi) is 2.85. The van der Waals surface area contributed by atoms with Gasteiger partial charge >= 0.3 is 0 Å². The summed E-state index contributed by atoms with van der Waals surface area (Å²) in [4.78, 5) is 8.57. The molecule has 22 heavy (non-hydrogen) atoms. The number of hydrogen-bond acceptors (Lipinski definition) is 6. The normalized spacial score (nSPS) is 14.3. The standard InChI is InChI=1S/C15H15N5O2/c1-9(10-3-4-12-13(5-10)22-8-21-12)19-14-11-6-18-20(2)15(11)17-7-16-14/h3-7,9H,8H2,1-2H3,(H,16,17,19). The number of fused-ring (bicyclic) bond motifs is 2. The van der Waals surface area contributed by atoms with Gasteiger partial charge in [0.05, 0.1) is 17.6 Å². The molecule has 0 saturated carbocycles. The van der Waals surface area contributed by atoms with Crippen LogP contribution in [0.4, 0.5) is 5.82 Å². The molecular formula is C15H15N5O2. The average molecular weight is 297 g/mol. The fraction of sp³-hybridized carbons (Fsp3) is 0.267. The summed E-state index contributed by atoms with van der Waals surface area (Å²) in [5, 5.41) is 8.53. The Morgan fingerprint density at radius 3 is 3.00 bits per heavy atom. The lowest BCUT2D eigenvalue weighted by atomic mass is 10.1. The van der Waals surface area contributed by atoms with Gasteiger partial charge in [0.1, 0.15) is 12.1 Å². The molecule has 0 spiro atoms. The van der Waals surface area contributed by atoms with Crippen LogP contribution in [0.1, 0.15) is 18.5 Å². The smallest absolute Gasteiger partial charge is 0.231 e. The van der Waals surface area contributed by atoms with E-state index in [4.69, 9.17) is 9.47 Å². The van der Waals surface area contributed by atoms with Crippen LogP contribution in [0.15, 0.2) is 30.7 Å². The van der Waals surface area contributed by atoms with Crippen LogP contribution in [0.3, 0.4) is 0 Å². The summed E-state index contributed by atoms with van der Waals surface area (Å²) in [7, 11) is 1.86. The maximum atomic E-state index is 5.42. The van der Waals surface area contributed by atoms with Gasteiger partial charge in [0.2, 0.25) is 6.79 Å². The maximum absolute atomic E-state index is 5.42. The lowest BCUT2D eigenvalue weighted by Gasteiger charge is -2.15. The second-order valence-electron chi connectivity index (χ2n) is 5.21. The number of nitrogens with zero attached hydrogens (tertiary/aromatic N) is 4. The number of anilines is 1. The van der Waals surface area contributed by atoms with Crippen molar-refractivity contribution in [2.45, 2.75) is 13.0 Å². The number of rotatable bonds is 3. The van der Waals surface area contributed by atoms with Crippen molar-refractivity contribution >= 4 is 16.9 Å². The first-order valence-electron chi connectivity index (χ1n) is 7.01. The first kappa shape index (κ1) is 12.9. The number of aromatic nitrogens is 4. The largest absolute Gasteiger partial charge is 0.454 e. The number of ether oxygens (including phenoxy) is 2. The van der Waals surface area contributed by atoms with Crippen LogP contribution in [-0.4, -0.2) is 26.5 Å². The molecule has 7 heteroatoms. The zero-order chi connectivity index (χ0) is 15.1. The fourth-order valence-corrected chi connectivity index (χ4v) is 2.55. The van der Waals surface area contributed by atoms with Gasteiger partial charge in [0, 0.05) is 7.05 Å². The Balaban J connectivity index is 1.64. The highest BCUT2D eigenvalue weighted by molar-refractivity contribution is 5.86. The second kappa shape index (κ2) is 4.87. The van der Waals surface area contributed by atoms with Gasteiger partial charge in [-0.25, -0.2) is 9.97 Å². The molecule has 3 aromatic rings. The summed E-state index contributed by atoms with van der Waals surface area (Å²) < 4.78 is 12.5. The first-order chi connectivity index (χ1) is 10.7. The van der Waals surface area contributed by atoms with E-state index in [1.165, 1.54) is 0 Å². The van der Waals surface area contributed by atoms with Gasteiger partial charge < -0.3 is 14.8 Å². The van der Waals surface area contributed by atoms with Crippen LogP contribution in [0.5, 0.6) is 11.5 Å². The van der Waals surface area contributed by atoms with Crippen molar-refractivity contribution in [2.75, 3.05) is 12.1 Å². The van der Waals surface area contributed by atoms with E-state index < -0.39 is 0 Å². The van der Waals surface area contributed by atoms with Crippen molar-refractivity contribution < 1.29 is 9.47 Å². The minimum atomic E-state index is 0.0628. The van der Waals surface area contributed by atoms with E-state index in [0.29, 0.717) is 0 Å². The van der Waals surface area contributed by atoms with E-state index in [2.05, 4.69) is 27.3 Å². The van der Waals surface area contributed by atoms with Gasteiger partial charge in [-0.05, 0) is 24.6 Å². The molecule has 1 atom stereocenters. The Hall–Kier alpha value is -2.83. The topological polar surface area (TPSA) is 74.1 Å². The van der Waals surface area contributed by atoms with E-state index in [1.807, 2.05) is 25.2 Å².